The summed E-state index contributed by atoms with van der Waals surface area (Å²) in [6.07, 6.45) is 5.09. The van der Waals surface area contributed by atoms with E-state index >= 15 is 0 Å². The van der Waals surface area contributed by atoms with Crippen molar-refractivity contribution in [3.63, 3.8) is 0 Å². The lowest BCUT2D eigenvalue weighted by atomic mass is 10.0. The van der Waals surface area contributed by atoms with Crippen molar-refractivity contribution in [1.82, 2.24) is 9.80 Å². The number of rotatable bonds is 6. The van der Waals surface area contributed by atoms with Gasteiger partial charge in [0.25, 0.3) is 0 Å². The maximum absolute atomic E-state index is 13.1. The molecule has 0 aliphatic carbocycles. The molecule has 3 aromatic rings. The van der Waals surface area contributed by atoms with E-state index in [0.29, 0.717) is 19.4 Å². The van der Waals surface area contributed by atoms with Gasteiger partial charge in [-0.25, -0.2) is 0 Å². The first-order chi connectivity index (χ1) is 20.4. The largest absolute Gasteiger partial charge is 0.334 e. The van der Waals surface area contributed by atoms with Gasteiger partial charge < -0.3 is 9.80 Å². The molecule has 6 nitrogen and oxygen atoms in total. The second kappa shape index (κ2) is 12.2. The van der Waals surface area contributed by atoms with Crippen molar-refractivity contribution in [3.8, 4) is 11.8 Å². The Bertz CT molecular complexity index is 1600. The third-order valence-corrected chi connectivity index (χ3v) is 8.58. The molecule has 3 aliphatic rings. The average molecular weight is 558 g/mol. The number of Topliss-reactive ketones (excluding diaryl/α,β-unsaturated/α-hetero) is 1. The number of aliphatic imine (C=N–C) groups is 1. The predicted molar refractivity (Wildman–Crippen MR) is 164 cm³/mol. The highest BCUT2D eigenvalue weighted by Gasteiger charge is 2.34. The molecule has 0 spiro atoms. The van der Waals surface area contributed by atoms with Crippen molar-refractivity contribution >= 4 is 29.0 Å². The Kier molecular flexibility index (Phi) is 8.01. The van der Waals surface area contributed by atoms with Crippen LogP contribution in [0.15, 0.2) is 77.8 Å². The second-order valence-corrected chi connectivity index (χ2v) is 11.5. The van der Waals surface area contributed by atoms with E-state index in [2.05, 4.69) is 17.9 Å². The van der Waals surface area contributed by atoms with Crippen LogP contribution in [0, 0.1) is 11.8 Å². The Balaban J connectivity index is 1.07. The normalized spacial score (nSPS) is 19.2. The van der Waals surface area contributed by atoms with Crippen molar-refractivity contribution in [2.45, 2.75) is 64.0 Å². The molecule has 2 amide bonds. The predicted octanol–water partition coefficient (Wildman–Crippen LogP) is 5.07. The van der Waals surface area contributed by atoms with E-state index in [-0.39, 0.29) is 29.7 Å². The Morgan fingerprint density at radius 2 is 1.50 bits per heavy atom. The lowest BCUT2D eigenvalue weighted by Crippen LogP contribution is -2.41. The standard InChI is InChI=1S/C36H35N3O3/c1-25(40)38-19-6-10-34(38)35(41)22-29-15-12-26(13-16-29)11-14-28-17-18-31-30(21-28)24-32(37-31)33-9-5-20-39(33)36(42)23-27-7-3-2-4-8-27/h2-4,7-8,12-13,15-18,21,33-34H,5-6,9-10,19-20,22-24H2,1H3/t33-,34-/m0/s1. The van der Waals surface area contributed by atoms with E-state index < -0.39 is 0 Å². The topological polar surface area (TPSA) is 70.1 Å². The highest BCUT2D eigenvalue weighted by Crippen LogP contribution is 2.32. The molecule has 0 bridgehead atoms. The number of hydrogen-bond acceptors (Lipinski definition) is 4. The molecule has 0 aromatic heterocycles. The summed E-state index contributed by atoms with van der Waals surface area (Å²) < 4.78 is 0. The maximum Gasteiger partial charge on any atom is 0.227 e. The minimum atomic E-state index is -0.294. The summed E-state index contributed by atoms with van der Waals surface area (Å²) in [6.45, 7) is 2.99. The van der Waals surface area contributed by atoms with E-state index in [1.165, 1.54) is 6.92 Å². The molecule has 0 radical (unpaired) electrons. The molecular weight excluding hydrogens is 522 g/mol. The number of amides is 2. The number of fused-ring (bicyclic) bond motifs is 1. The molecule has 212 valence electrons. The van der Waals surface area contributed by atoms with Crippen molar-refractivity contribution in [2.24, 2.45) is 4.99 Å². The van der Waals surface area contributed by atoms with Gasteiger partial charge in [-0.15, -0.1) is 0 Å². The fraction of sp³-hybridized carbons (Fsp3) is 0.333. The van der Waals surface area contributed by atoms with E-state index in [0.717, 1.165) is 77.9 Å². The van der Waals surface area contributed by atoms with E-state index in [4.69, 9.17) is 4.99 Å². The molecule has 0 unspecified atom stereocenters. The second-order valence-electron chi connectivity index (χ2n) is 11.5. The van der Waals surface area contributed by atoms with Crippen molar-refractivity contribution in [3.05, 3.63) is 101 Å². The van der Waals surface area contributed by atoms with Crippen molar-refractivity contribution in [1.29, 1.82) is 0 Å². The summed E-state index contributed by atoms with van der Waals surface area (Å²) in [5, 5.41) is 0. The Labute approximate surface area is 247 Å². The summed E-state index contributed by atoms with van der Waals surface area (Å²) in [4.78, 5) is 46.4. The highest BCUT2D eigenvalue weighted by molar-refractivity contribution is 6.00. The van der Waals surface area contributed by atoms with E-state index in [1.807, 2.05) is 71.6 Å². The third-order valence-electron chi connectivity index (χ3n) is 8.58. The molecule has 0 N–H and O–H groups in total. The number of ketones is 1. The number of carbonyl (C=O) groups is 3. The molecule has 2 saturated heterocycles. The zero-order chi connectivity index (χ0) is 29.1. The molecule has 2 fully saturated rings. The van der Waals surface area contributed by atoms with Crippen LogP contribution in [0.25, 0.3) is 0 Å². The maximum atomic E-state index is 13.1. The van der Waals surface area contributed by atoms with Crippen LogP contribution in [0.1, 0.15) is 60.4 Å². The summed E-state index contributed by atoms with van der Waals surface area (Å²) >= 11 is 0. The first kappa shape index (κ1) is 27.7. The first-order valence-corrected chi connectivity index (χ1v) is 14.9. The van der Waals surface area contributed by atoms with Gasteiger partial charge in [0.1, 0.15) is 0 Å². The number of carbonyl (C=O) groups excluding carboxylic acids is 3. The van der Waals surface area contributed by atoms with E-state index in [9.17, 15) is 14.4 Å². The Morgan fingerprint density at radius 3 is 2.29 bits per heavy atom. The van der Waals surface area contributed by atoms with Crippen molar-refractivity contribution < 1.29 is 14.4 Å². The number of benzene rings is 3. The minimum absolute atomic E-state index is 0.0275. The fourth-order valence-electron chi connectivity index (χ4n) is 6.43. The molecule has 42 heavy (non-hydrogen) atoms. The van der Waals surface area contributed by atoms with Gasteiger partial charge in [-0.2, -0.15) is 0 Å². The summed E-state index contributed by atoms with van der Waals surface area (Å²) in [6, 6.07) is 23.6. The quantitative estimate of drug-likeness (QED) is 0.398. The van der Waals surface area contributed by atoms with Gasteiger partial charge in [0.05, 0.1) is 24.2 Å². The van der Waals surface area contributed by atoms with Crippen LogP contribution in [0.5, 0.6) is 0 Å². The molecule has 6 rings (SSSR count). The van der Waals surface area contributed by atoms with Crippen LogP contribution < -0.4 is 0 Å². The molecule has 0 saturated carbocycles. The zero-order valence-corrected chi connectivity index (χ0v) is 24.0. The fourth-order valence-corrected chi connectivity index (χ4v) is 6.43. The van der Waals surface area contributed by atoms with Crippen LogP contribution in [-0.2, 0) is 33.6 Å². The Hall–Kier alpha value is -4.50. The summed E-state index contributed by atoms with van der Waals surface area (Å²) in [5.74, 6) is 6.76. The zero-order valence-electron chi connectivity index (χ0n) is 24.0. The molecular formula is C36H35N3O3. The van der Waals surface area contributed by atoms with Gasteiger partial charge in [0.2, 0.25) is 11.8 Å². The van der Waals surface area contributed by atoms with Crippen LogP contribution >= 0.6 is 0 Å². The van der Waals surface area contributed by atoms with Gasteiger partial charge >= 0.3 is 0 Å². The van der Waals surface area contributed by atoms with Crippen molar-refractivity contribution in [2.75, 3.05) is 13.1 Å². The molecule has 3 heterocycles. The molecule has 2 atom stereocenters. The number of likely N-dealkylation sites (tertiary alicyclic amines) is 2. The summed E-state index contributed by atoms with van der Waals surface area (Å²) in [5.41, 5.74) is 6.99. The van der Waals surface area contributed by atoms with Crippen LogP contribution in [-0.4, -0.2) is 58.3 Å². The van der Waals surface area contributed by atoms with Crippen LogP contribution in [0.4, 0.5) is 5.69 Å². The van der Waals surface area contributed by atoms with Gasteiger partial charge in [-0.1, -0.05) is 54.3 Å². The monoisotopic (exact) mass is 557 g/mol. The Morgan fingerprint density at radius 1 is 0.810 bits per heavy atom. The smallest absolute Gasteiger partial charge is 0.227 e. The van der Waals surface area contributed by atoms with Gasteiger partial charge in [-0.05, 0) is 72.7 Å². The number of hydrogen-bond donors (Lipinski definition) is 0. The highest BCUT2D eigenvalue weighted by atomic mass is 16.2. The molecule has 3 aliphatic heterocycles. The average Bonchev–Trinajstić information content (AvgIpc) is 3.76. The van der Waals surface area contributed by atoms with Gasteiger partial charge in [-0.3, -0.25) is 19.4 Å². The third kappa shape index (κ3) is 6.06. The van der Waals surface area contributed by atoms with E-state index in [1.54, 1.807) is 4.90 Å². The lowest BCUT2D eigenvalue weighted by Gasteiger charge is -2.25. The summed E-state index contributed by atoms with van der Waals surface area (Å²) in [7, 11) is 0. The van der Waals surface area contributed by atoms with Gasteiger partial charge in [0.15, 0.2) is 5.78 Å². The SMILES string of the molecule is CC(=O)N1CCC[C@H]1C(=O)Cc1ccc(C#Cc2ccc3c(c2)CC([C@@H]2CCCN2C(=O)Cc2ccccc2)=N3)cc1. The first-order valence-electron chi connectivity index (χ1n) is 14.9. The lowest BCUT2D eigenvalue weighted by molar-refractivity contribution is -0.135. The molecule has 3 aromatic carbocycles. The minimum Gasteiger partial charge on any atom is -0.334 e. The molecule has 6 heteroatoms. The van der Waals surface area contributed by atoms with Crippen LogP contribution in [0.3, 0.4) is 0 Å². The number of nitrogens with zero attached hydrogens (tertiary/aromatic N) is 3. The van der Waals surface area contributed by atoms with Gasteiger partial charge in [0, 0.05) is 49.7 Å². The van der Waals surface area contributed by atoms with Crippen LogP contribution in [0.2, 0.25) is 0 Å².